The molecule has 0 aliphatic carbocycles. The Labute approximate surface area is 142 Å². The summed E-state index contributed by atoms with van der Waals surface area (Å²) in [6.07, 6.45) is 0. The number of hydrogen-bond donors (Lipinski definition) is 0. The van der Waals surface area contributed by atoms with E-state index in [4.69, 9.17) is 44.1 Å². The minimum Gasteiger partial charge on any atom is 2.00 e. The molecule has 0 unspecified atom stereocenters. The van der Waals surface area contributed by atoms with Gasteiger partial charge in [0.25, 0.3) is 0 Å². The van der Waals surface area contributed by atoms with E-state index in [-0.39, 0.29) is 19.5 Å². The van der Waals surface area contributed by atoms with Crippen molar-refractivity contribution in [3.8, 4) is 0 Å². The summed E-state index contributed by atoms with van der Waals surface area (Å²) in [7, 11) is 0. The fraction of sp³-hybridized carbons (Fsp3) is 0.500. The molecule has 0 aromatic rings. The number of carboxylic acid groups (broad SMARTS) is 4. The van der Waals surface area contributed by atoms with Gasteiger partial charge in [0.1, 0.15) is 0 Å². The summed E-state index contributed by atoms with van der Waals surface area (Å²) < 4.78 is 17.2. The minimum absolute atomic E-state index is 0. The Balaban J connectivity index is -0.0000000304. The molecule has 0 radical (unpaired) electrons. The molecule has 0 fully saturated rings. The van der Waals surface area contributed by atoms with Crippen molar-refractivity contribution in [1.82, 2.24) is 0 Å². The third-order valence-corrected chi connectivity index (χ3v) is 0. The second-order valence-electron chi connectivity index (χ2n) is 2.05. The van der Waals surface area contributed by atoms with Gasteiger partial charge >= 0.3 is 51.8 Å². The van der Waals surface area contributed by atoms with Crippen LogP contribution in [0.4, 0.5) is 0 Å². The molecule has 0 bridgehead atoms. The molecule has 20 heavy (non-hydrogen) atoms. The zero-order chi connectivity index (χ0) is 17.0. The van der Waals surface area contributed by atoms with Crippen LogP contribution in [-0.4, -0.2) is 23.9 Å². The van der Waals surface area contributed by atoms with E-state index in [0.29, 0.717) is 0 Å². The molecule has 12 heteroatoms. The number of aliphatic carboxylic acids is 4. The standard InChI is InChI=1S/4C2H4O2.2O.U.Zn/c4*1-2(3)4;;;;/h4*1H3,(H,3,4);;;;/q;;;;;;2*+2/p-4. The van der Waals surface area contributed by atoms with Crippen molar-refractivity contribution in [2.75, 3.05) is 0 Å². The van der Waals surface area contributed by atoms with Crippen LogP contribution in [0.5, 0.6) is 0 Å². The Kier molecular flexibility index (Phi) is 66.0. The minimum atomic E-state index is -2.51. The second kappa shape index (κ2) is 36.2. The van der Waals surface area contributed by atoms with E-state index < -0.39 is 51.7 Å². The average Bonchev–Trinajstić information content (AvgIpc) is 1.97. The van der Waals surface area contributed by atoms with E-state index in [1.165, 1.54) is 0 Å². The molecule has 0 N–H and O–H groups in total. The summed E-state index contributed by atoms with van der Waals surface area (Å²) in [5, 5.41) is 35.6. The fourth-order valence-electron chi connectivity index (χ4n) is 0. The Hall–Kier alpha value is -0.845. The van der Waals surface area contributed by atoms with E-state index in [0.717, 1.165) is 27.7 Å². The topological polar surface area (TPSA) is 195 Å². The third kappa shape index (κ3) is 6280. The van der Waals surface area contributed by atoms with Gasteiger partial charge in [0.2, 0.25) is 0 Å². The number of carbonyl (C=O) groups is 4. The molecular formula is C8H12O10UZn. The Bertz CT molecular complexity index is 234. The SMILES string of the molecule is CC(=O)[O-].CC(=O)[O-].CC(=O)[O-].CC(=O)[O-].[O]=[U+2]=[O].[Zn+2]. The van der Waals surface area contributed by atoms with Gasteiger partial charge in [-0.2, -0.15) is 0 Å². The molecule has 0 aromatic carbocycles. The van der Waals surface area contributed by atoms with Crippen LogP contribution in [0.3, 0.4) is 0 Å². The molecule has 0 aliphatic rings. The summed E-state index contributed by atoms with van der Waals surface area (Å²) in [5.41, 5.74) is 0. The molecule has 10 nitrogen and oxygen atoms in total. The van der Waals surface area contributed by atoms with Gasteiger partial charge in [0.15, 0.2) is 0 Å². The predicted molar refractivity (Wildman–Crippen MR) is 44.1 cm³/mol. The van der Waals surface area contributed by atoms with Gasteiger partial charge in [-0.25, -0.2) is 0 Å². The molecular weight excluding hydrogens is 559 g/mol. The van der Waals surface area contributed by atoms with Crippen LogP contribution in [0.1, 0.15) is 27.7 Å². The molecule has 0 aromatic heterocycles. The van der Waals surface area contributed by atoms with Crippen LogP contribution in [0.25, 0.3) is 0 Å². The first-order valence-electron chi connectivity index (χ1n) is 4.04. The molecule has 0 amide bonds. The van der Waals surface area contributed by atoms with Gasteiger partial charge in [-0.05, 0) is 27.7 Å². The molecule has 0 aliphatic heterocycles. The smallest absolute Gasteiger partial charge is 2.00 e. The van der Waals surface area contributed by atoms with Gasteiger partial charge in [-0.15, -0.1) is 0 Å². The Morgan fingerprint density at radius 2 is 0.600 bits per heavy atom. The third-order valence-electron chi connectivity index (χ3n) is 0. The van der Waals surface area contributed by atoms with Crippen molar-refractivity contribution in [2.24, 2.45) is 0 Å². The van der Waals surface area contributed by atoms with Crippen molar-refractivity contribution >= 4 is 23.9 Å². The van der Waals surface area contributed by atoms with E-state index in [2.05, 4.69) is 0 Å². The van der Waals surface area contributed by atoms with E-state index >= 15 is 0 Å². The maximum Gasteiger partial charge on any atom is 2.00 e. The molecule has 110 valence electrons. The monoisotopic (exact) mass is 570 g/mol. The van der Waals surface area contributed by atoms with Gasteiger partial charge in [-0.3, -0.25) is 0 Å². The fourth-order valence-corrected chi connectivity index (χ4v) is 0. The summed E-state index contributed by atoms with van der Waals surface area (Å²) >= 11 is -2.51. The Morgan fingerprint density at radius 1 is 0.600 bits per heavy atom. The number of rotatable bonds is 0. The summed E-state index contributed by atoms with van der Waals surface area (Å²) in [6.45, 7) is 3.89. The second-order valence-corrected chi connectivity index (χ2v) is 2.74. The number of hydrogen-bond acceptors (Lipinski definition) is 10. The van der Waals surface area contributed by atoms with Gasteiger partial charge in [-0.1, -0.05) is 0 Å². The maximum absolute atomic E-state index is 8.89. The number of carboxylic acids is 4. The molecule has 0 saturated heterocycles. The zero-order valence-corrected chi connectivity index (χ0v) is 18.4. The van der Waals surface area contributed by atoms with Crippen molar-refractivity contribution in [1.29, 1.82) is 0 Å². The average molecular weight is 572 g/mol. The summed E-state index contributed by atoms with van der Waals surface area (Å²) in [6, 6.07) is 0. The summed E-state index contributed by atoms with van der Waals surface area (Å²) in [4.78, 5) is 35.6. The van der Waals surface area contributed by atoms with Crippen molar-refractivity contribution in [3.05, 3.63) is 0 Å². The van der Waals surface area contributed by atoms with Crippen LogP contribution in [0.15, 0.2) is 0 Å². The van der Waals surface area contributed by atoms with Gasteiger partial charge < -0.3 is 39.6 Å². The predicted octanol–water partition coefficient (Wildman–Crippen LogP) is -5.22. The van der Waals surface area contributed by atoms with E-state index in [1.54, 1.807) is 0 Å². The molecule has 0 heterocycles. The summed E-state index contributed by atoms with van der Waals surface area (Å²) in [5.74, 6) is -4.33. The van der Waals surface area contributed by atoms with Crippen LogP contribution in [-0.2, 0) is 43.1 Å². The van der Waals surface area contributed by atoms with Crippen LogP contribution in [0.2, 0.25) is 0 Å². The normalized spacial score (nSPS) is 5.40. The molecule has 0 rings (SSSR count). The van der Waals surface area contributed by atoms with Crippen molar-refractivity contribution < 1.29 is 91.4 Å². The zero-order valence-electron chi connectivity index (χ0n) is 11.3. The first kappa shape index (κ1) is 36.5. The molecule has 0 saturated carbocycles. The molecule has 0 atom stereocenters. The van der Waals surface area contributed by atoms with Crippen LogP contribution < -0.4 is 20.4 Å². The van der Waals surface area contributed by atoms with Crippen molar-refractivity contribution in [2.45, 2.75) is 27.7 Å². The van der Waals surface area contributed by atoms with Crippen molar-refractivity contribution in [3.63, 3.8) is 0 Å². The maximum atomic E-state index is 8.89. The van der Waals surface area contributed by atoms with Gasteiger partial charge in [0.05, 0.1) is 0 Å². The Morgan fingerprint density at radius 3 is 0.600 bits per heavy atom. The first-order valence-corrected chi connectivity index (χ1v) is 7.44. The van der Waals surface area contributed by atoms with Gasteiger partial charge in [0, 0.05) is 23.9 Å². The quantitative estimate of drug-likeness (QED) is 0.254. The van der Waals surface area contributed by atoms with E-state index in [1.807, 2.05) is 0 Å². The van der Waals surface area contributed by atoms with Crippen LogP contribution in [0, 0.1) is 27.8 Å². The largest absolute Gasteiger partial charge is 2.00 e. The molecule has 0 spiro atoms. The van der Waals surface area contributed by atoms with Crippen LogP contribution >= 0.6 is 0 Å². The van der Waals surface area contributed by atoms with E-state index in [9.17, 15) is 0 Å². The number of carbonyl (C=O) groups excluding carboxylic acids is 4. The first-order chi connectivity index (χ1) is 8.34.